The second-order valence-electron chi connectivity index (χ2n) is 5.31. The topological polar surface area (TPSA) is 68.2 Å². The van der Waals surface area contributed by atoms with Gasteiger partial charge in [-0.05, 0) is 24.5 Å². The first-order valence-electron chi connectivity index (χ1n) is 7.33. The molecule has 0 aromatic heterocycles. The van der Waals surface area contributed by atoms with Crippen LogP contribution in [-0.4, -0.2) is 64.0 Å². The molecule has 132 valence electrons. The van der Waals surface area contributed by atoms with Gasteiger partial charge in [0, 0.05) is 31.9 Å². The van der Waals surface area contributed by atoms with Gasteiger partial charge in [-0.25, -0.2) is 0 Å². The molecule has 0 saturated carbocycles. The lowest BCUT2D eigenvalue weighted by atomic mass is 9.91. The number of carbonyl (C=O) groups is 1. The van der Waals surface area contributed by atoms with Crippen LogP contribution in [0.25, 0.3) is 0 Å². The van der Waals surface area contributed by atoms with Crippen LogP contribution >= 0.6 is 19.3 Å². The molecule has 0 spiro atoms. The molecular formula is C14H31N2O4PS. The minimum Gasteiger partial charge on any atom is -0.384 e. The fourth-order valence-electron chi connectivity index (χ4n) is 1.35. The highest BCUT2D eigenvalue weighted by molar-refractivity contribution is 8.49. The van der Waals surface area contributed by atoms with Crippen LogP contribution in [0.15, 0.2) is 4.95 Å². The fraction of sp³-hybridized carbons (Fsp3) is 0.929. The Labute approximate surface area is 140 Å². The first kappa shape index (κ1) is 24.2. The van der Waals surface area contributed by atoms with Gasteiger partial charge >= 0.3 is 0 Å². The molecule has 0 aromatic carbocycles. The molecule has 1 atom stereocenters. The van der Waals surface area contributed by atoms with Crippen molar-refractivity contribution in [2.24, 2.45) is 10.4 Å². The summed E-state index contributed by atoms with van der Waals surface area (Å²) < 4.78 is 9.75. The van der Waals surface area contributed by atoms with E-state index in [0.717, 1.165) is 44.7 Å². The molecule has 6 nitrogen and oxygen atoms in total. The van der Waals surface area contributed by atoms with Crippen LogP contribution < -0.4 is 0 Å². The van der Waals surface area contributed by atoms with E-state index >= 15 is 0 Å². The molecule has 0 N–H and O–H groups in total. The lowest BCUT2D eigenvalue weighted by molar-refractivity contribution is -0.115. The van der Waals surface area contributed by atoms with Gasteiger partial charge in [0.05, 0.1) is 13.2 Å². The monoisotopic (exact) mass is 354 g/mol. The van der Waals surface area contributed by atoms with Crippen molar-refractivity contribution in [2.75, 3.05) is 52.8 Å². The lowest BCUT2D eigenvalue weighted by Gasteiger charge is -2.24. The molecule has 0 heterocycles. The van der Waals surface area contributed by atoms with Gasteiger partial charge in [0.1, 0.15) is 14.2 Å². The third kappa shape index (κ3) is 18.0. The maximum Gasteiger partial charge on any atom is 0.125 e. The molecule has 0 bridgehead atoms. The van der Waals surface area contributed by atoms with Crippen LogP contribution in [0.3, 0.4) is 0 Å². The fourth-order valence-corrected chi connectivity index (χ4v) is 2.43. The van der Waals surface area contributed by atoms with Gasteiger partial charge in [0.2, 0.25) is 0 Å². The summed E-state index contributed by atoms with van der Waals surface area (Å²) in [6.45, 7) is 10.5. The quantitative estimate of drug-likeness (QED) is 0.219. The number of hydrogen-bond acceptors (Lipinski definition) is 7. The Morgan fingerprint density at radius 1 is 1.23 bits per heavy atom. The molecule has 0 rings (SSSR count). The van der Waals surface area contributed by atoms with Crippen molar-refractivity contribution in [1.82, 2.24) is 4.90 Å². The van der Waals surface area contributed by atoms with E-state index in [2.05, 4.69) is 16.8 Å². The summed E-state index contributed by atoms with van der Waals surface area (Å²) >= 11 is 1.50. The maximum atomic E-state index is 10.7. The smallest absolute Gasteiger partial charge is 0.125 e. The summed E-state index contributed by atoms with van der Waals surface area (Å²) in [5, 5.41) is 0. The van der Waals surface area contributed by atoms with E-state index in [0.29, 0.717) is 6.61 Å². The van der Waals surface area contributed by atoms with E-state index in [9.17, 15) is 9.70 Å². The highest BCUT2D eigenvalue weighted by Gasteiger charge is 2.17. The van der Waals surface area contributed by atoms with Gasteiger partial charge in [-0.1, -0.05) is 20.8 Å². The molecule has 0 saturated heterocycles. The second-order valence-corrected chi connectivity index (χ2v) is 7.78. The average molecular weight is 354 g/mol. The molecular weight excluding hydrogens is 323 g/mol. The molecule has 1 unspecified atom stereocenters. The minimum atomic E-state index is -0.194. The van der Waals surface area contributed by atoms with Crippen LogP contribution in [-0.2, 0) is 14.3 Å². The molecule has 0 aliphatic carbocycles. The van der Waals surface area contributed by atoms with Crippen molar-refractivity contribution < 1.29 is 14.3 Å². The van der Waals surface area contributed by atoms with Gasteiger partial charge in [0.25, 0.3) is 0 Å². The van der Waals surface area contributed by atoms with E-state index in [1.165, 1.54) is 11.4 Å². The number of carbonyl (C=O) groups excluding carboxylic acids is 1. The van der Waals surface area contributed by atoms with E-state index in [4.69, 9.17) is 9.47 Å². The summed E-state index contributed by atoms with van der Waals surface area (Å²) in [6, 6.07) is 0. The van der Waals surface area contributed by atoms with Gasteiger partial charge in [0.15, 0.2) is 0 Å². The Kier molecular flexibility index (Phi) is 19.0. The van der Waals surface area contributed by atoms with Crippen molar-refractivity contribution in [3.8, 4) is 0 Å². The summed E-state index contributed by atoms with van der Waals surface area (Å²) in [6.07, 6.45) is 1.95. The molecule has 0 aliphatic rings. The summed E-state index contributed by atoms with van der Waals surface area (Å²) in [7, 11) is 3.48. The summed E-state index contributed by atoms with van der Waals surface area (Å²) in [5.41, 5.74) is -0.194. The Morgan fingerprint density at radius 2 is 1.86 bits per heavy atom. The zero-order valence-electron chi connectivity index (χ0n) is 14.5. The number of ether oxygens (including phenoxy) is 2. The molecule has 0 aliphatic heterocycles. The number of methoxy groups -OCH3 is 2. The number of likely N-dealkylation sites (N-methyl/N-ethyl adjacent to an activating group) is 1. The van der Waals surface area contributed by atoms with Gasteiger partial charge in [-0.3, -0.25) is 0 Å². The summed E-state index contributed by atoms with van der Waals surface area (Å²) in [4.78, 5) is 25.2. The van der Waals surface area contributed by atoms with E-state index in [-0.39, 0.29) is 13.3 Å². The molecule has 8 heteroatoms. The van der Waals surface area contributed by atoms with Crippen LogP contribution in [0, 0.1) is 10.3 Å². The Morgan fingerprint density at radius 3 is 2.32 bits per heavy atom. The molecule has 0 fully saturated rings. The van der Waals surface area contributed by atoms with E-state index < -0.39 is 0 Å². The van der Waals surface area contributed by atoms with Crippen molar-refractivity contribution >= 4 is 25.6 Å². The molecule has 0 radical (unpaired) electrons. The van der Waals surface area contributed by atoms with E-state index in [1.54, 1.807) is 14.2 Å². The maximum absolute atomic E-state index is 10.7. The molecule has 0 aromatic rings. The molecule has 22 heavy (non-hydrogen) atoms. The van der Waals surface area contributed by atoms with Crippen molar-refractivity contribution in [1.29, 1.82) is 0 Å². The van der Waals surface area contributed by atoms with E-state index in [1.807, 2.05) is 13.8 Å². The van der Waals surface area contributed by atoms with Crippen molar-refractivity contribution in [3.05, 3.63) is 4.91 Å². The number of nitrogens with zero attached hydrogens (tertiary/aromatic N) is 2. The van der Waals surface area contributed by atoms with Crippen LogP contribution in [0.4, 0.5) is 0 Å². The van der Waals surface area contributed by atoms with Gasteiger partial charge in [-0.15, -0.1) is 16.3 Å². The number of rotatable bonds is 13. The Bertz CT molecular complexity index is 271. The number of hydrogen-bond donors (Lipinski definition) is 0. The van der Waals surface area contributed by atoms with Crippen LogP contribution in [0.2, 0.25) is 0 Å². The van der Waals surface area contributed by atoms with Crippen molar-refractivity contribution in [3.63, 3.8) is 0 Å². The number of nitroso groups, excluding NO2 is 1. The Hall–Kier alpha value is -0.0700. The highest BCUT2D eigenvalue weighted by atomic mass is 32.7. The third-order valence-corrected chi connectivity index (χ3v) is 4.74. The zero-order chi connectivity index (χ0) is 17.3. The number of aldehydes is 1. The zero-order valence-corrected chi connectivity index (χ0v) is 16.3. The highest BCUT2D eigenvalue weighted by Crippen LogP contribution is 2.28. The first-order valence-corrected chi connectivity index (χ1v) is 9.98. The van der Waals surface area contributed by atoms with Crippen LogP contribution in [0.1, 0.15) is 27.2 Å². The lowest BCUT2D eigenvalue weighted by Crippen LogP contribution is -2.31. The van der Waals surface area contributed by atoms with Gasteiger partial charge in [-0.2, -0.15) is 0 Å². The average Bonchev–Trinajstić information content (AvgIpc) is 2.52. The predicted molar refractivity (Wildman–Crippen MR) is 96.9 cm³/mol. The standard InChI is InChI=1S/C11H23NO2.C3H8NO2PS/c1-5-12(8-9-14-4)7-6-11(2,3)10-13;1-6-2-3-8-7-4-5/h10H,5-9H2,1-4H3;7H,2-3H2,1H3. The SMILES string of the molecule is CCN(CCOC)CCC(C)(C)C=O.COCCSPN=O. The third-order valence-electron chi connectivity index (χ3n) is 2.94. The normalized spacial score (nSPS) is 11.5. The summed E-state index contributed by atoms with van der Waals surface area (Å²) in [5.74, 6) is 0.862. The largest absolute Gasteiger partial charge is 0.384 e. The first-order chi connectivity index (χ1) is 10.5. The molecule has 0 amide bonds. The minimum absolute atomic E-state index is 0.131. The second kappa shape index (κ2) is 17.3. The Balaban J connectivity index is 0. The predicted octanol–water partition coefficient (Wildman–Crippen LogP) is 3.21. The van der Waals surface area contributed by atoms with Crippen molar-refractivity contribution in [2.45, 2.75) is 27.2 Å². The van der Waals surface area contributed by atoms with Gasteiger partial charge < -0.3 is 19.2 Å². The van der Waals surface area contributed by atoms with Crippen LogP contribution in [0.5, 0.6) is 0 Å².